The quantitative estimate of drug-likeness (QED) is 0.603. The Labute approximate surface area is 177 Å². The normalized spacial score (nSPS) is 16.6. The molecular formula is C23H19FN2O5. The lowest BCUT2D eigenvalue weighted by Crippen LogP contribution is -2.50. The van der Waals surface area contributed by atoms with Crippen LogP contribution in [0.15, 0.2) is 54.2 Å². The third kappa shape index (κ3) is 4.06. The average molecular weight is 422 g/mol. The van der Waals surface area contributed by atoms with Crippen LogP contribution in [0, 0.1) is 5.82 Å². The van der Waals surface area contributed by atoms with E-state index in [9.17, 15) is 18.8 Å². The molecule has 0 aliphatic carbocycles. The second kappa shape index (κ2) is 8.45. The molecular weight excluding hydrogens is 403 g/mol. The van der Waals surface area contributed by atoms with Crippen molar-refractivity contribution in [1.29, 1.82) is 0 Å². The third-order valence-electron chi connectivity index (χ3n) is 5.19. The fourth-order valence-electron chi connectivity index (χ4n) is 3.87. The first-order valence-corrected chi connectivity index (χ1v) is 9.62. The number of rotatable bonds is 4. The van der Waals surface area contributed by atoms with Crippen molar-refractivity contribution in [3.63, 3.8) is 0 Å². The maximum absolute atomic E-state index is 14.2. The van der Waals surface area contributed by atoms with Gasteiger partial charge in [0.05, 0.1) is 24.4 Å². The lowest BCUT2D eigenvalue weighted by atomic mass is 9.88. The molecule has 31 heavy (non-hydrogen) atoms. The molecule has 0 bridgehead atoms. The highest BCUT2D eigenvalue weighted by atomic mass is 19.1. The summed E-state index contributed by atoms with van der Waals surface area (Å²) >= 11 is 0. The first-order valence-electron chi connectivity index (χ1n) is 9.62. The van der Waals surface area contributed by atoms with Gasteiger partial charge in [-0.15, -0.1) is 0 Å². The first kappa shape index (κ1) is 20.4. The van der Waals surface area contributed by atoms with Crippen molar-refractivity contribution in [2.45, 2.75) is 19.1 Å². The number of methoxy groups -OCH3 is 1. The molecule has 158 valence electrons. The molecule has 0 spiro atoms. The van der Waals surface area contributed by atoms with Gasteiger partial charge in [0.15, 0.2) is 0 Å². The highest BCUT2D eigenvalue weighted by Crippen LogP contribution is 2.41. The van der Waals surface area contributed by atoms with E-state index in [1.165, 1.54) is 25.3 Å². The molecule has 7 nitrogen and oxygen atoms in total. The Bertz CT molecular complexity index is 1120. The fraction of sp³-hybridized carbons (Fsp3) is 0.217. The number of hydrogen-bond acceptors (Lipinski definition) is 6. The standard InChI is InChI=1S/C23H19FN2O5/c1-30-22(28)20-9-16(12-27)19-10-17(24)7-15-8-18(11-26(20)21(15)19)25-23(29)31-13-14-5-3-2-4-6-14/h2-7,9-10,18H,8,11,13H2,1H3,(H,25,29). The second-order valence-corrected chi connectivity index (χ2v) is 7.22. The Balaban J connectivity index is 1.59. The summed E-state index contributed by atoms with van der Waals surface area (Å²) in [5.74, 6) is 0.591. The van der Waals surface area contributed by atoms with Crippen molar-refractivity contribution < 1.29 is 28.2 Å². The van der Waals surface area contributed by atoms with Gasteiger partial charge in [0.2, 0.25) is 0 Å². The molecule has 1 amide bonds. The van der Waals surface area contributed by atoms with Crippen LogP contribution in [-0.4, -0.2) is 37.7 Å². The smallest absolute Gasteiger partial charge is 0.407 e. The number of carbonyl (C=O) groups is 2. The number of esters is 1. The van der Waals surface area contributed by atoms with Crippen molar-refractivity contribution in [1.82, 2.24) is 5.32 Å². The Kier molecular flexibility index (Phi) is 5.56. The number of amides is 1. The van der Waals surface area contributed by atoms with Gasteiger partial charge in [0.1, 0.15) is 24.1 Å². The topological polar surface area (TPSA) is 84.9 Å². The summed E-state index contributed by atoms with van der Waals surface area (Å²) in [6.07, 6.45) is 1.00. The molecule has 4 rings (SSSR count). The molecule has 2 heterocycles. The molecule has 2 aromatic rings. The van der Waals surface area contributed by atoms with Crippen molar-refractivity contribution >= 4 is 29.3 Å². The lowest BCUT2D eigenvalue weighted by Gasteiger charge is -2.40. The van der Waals surface area contributed by atoms with E-state index in [1.54, 1.807) is 10.8 Å². The SMILES string of the molecule is COC(=O)C1=CC(=C=O)c2cc(F)cc3c2N1CC(NC(=O)OCc1ccccc1)C3. The molecule has 0 aromatic heterocycles. The second-order valence-electron chi connectivity index (χ2n) is 7.22. The molecule has 1 unspecified atom stereocenters. The molecule has 0 saturated heterocycles. The molecule has 1 atom stereocenters. The molecule has 0 saturated carbocycles. The molecule has 2 aliphatic heterocycles. The third-order valence-corrected chi connectivity index (χ3v) is 5.19. The molecule has 2 aromatic carbocycles. The highest BCUT2D eigenvalue weighted by molar-refractivity contribution is 6.07. The van der Waals surface area contributed by atoms with E-state index in [2.05, 4.69) is 5.32 Å². The minimum absolute atomic E-state index is 0.0704. The Morgan fingerprint density at radius 3 is 2.74 bits per heavy atom. The minimum atomic E-state index is -0.652. The van der Waals surface area contributed by atoms with Crippen LogP contribution in [0.2, 0.25) is 0 Å². The number of carbonyl (C=O) groups excluding carboxylic acids is 3. The van der Waals surface area contributed by atoms with Gasteiger partial charge in [-0.05, 0) is 35.8 Å². The van der Waals surface area contributed by atoms with E-state index in [0.29, 0.717) is 23.2 Å². The molecule has 1 N–H and O–H groups in total. The number of benzene rings is 2. The largest absolute Gasteiger partial charge is 0.464 e. The van der Waals surface area contributed by atoms with Crippen LogP contribution in [0.25, 0.3) is 5.57 Å². The summed E-state index contributed by atoms with van der Waals surface area (Å²) in [4.78, 5) is 37.7. The van der Waals surface area contributed by atoms with Crippen molar-refractivity contribution in [2.75, 3.05) is 18.6 Å². The zero-order chi connectivity index (χ0) is 22.0. The van der Waals surface area contributed by atoms with E-state index < -0.39 is 23.9 Å². The van der Waals surface area contributed by atoms with Crippen LogP contribution in [0.3, 0.4) is 0 Å². The van der Waals surface area contributed by atoms with Gasteiger partial charge >= 0.3 is 12.1 Å². The maximum Gasteiger partial charge on any atom is 0.407 e. The number of alkyl carbamates (subject to hydrolysis) is 1. The maximum atomic E-state index is 14.2. The van der Waals surface area contributed by atoms with Gasteiger partial charge in [-0.1, -0.05) is 30.3 Å². The molecule has 0 radical (unpaired) electrons. The minimum Gasteiger partial charge on any atom is -0.464 e. The van der Waals surface area contributed by atoms with Crippen molar-refractivity contribution in [3.05, 3.63) is 76.7 Å². The van der Waals surface area contributed by atoms with Crippen molar-refractivity contribution in [2.24, 2.45) is 0 Å². The van der Waals surface area contributed by atoms with Gasteiger partial charge in [0, 0.05) is 12.1 Å². The molecule has 8 heteroatoms. The van der Waals surface area contributed by atoms with E-state index in [0.717, 1.165) is 5.56 Å². The lowest BCUT2D eigenvalue weighted by molar-refractivity contribution is -0.136. The molecule has 0 fully saturated rings. The van der Waals surface area contributed by atoms with Gasteiger partial charge in [0.25, 0.3) is 0 Å². The Morgan fingerprint density at radius 2 is 2.03 bits per heavy atom. The van der Waals surface area contributed by atoms with Gasteiger partial charge in [-0.25, -0.2) is 18.8 Å². The summed E-state index contributed by atoms with van der Waals surface area (Å²) in [5, 5.41) is 2.77. The zero-order valence-electron chi connectivity index (χ0n) is 16.7. The van der Waals surface area contributed by atoms with Gasteiger partial charge < -0.3 is 19.7 Å². The van der Waals surface area contributed by atoms with Gasteiger partial charge in [-0.3, -0.25) is 0 Å². The van der Waals surface area contributed by atoms with Crippen LogP contribution < -0.4 is 10.2 Å². The van der Waals surface area contributed by atoms with E-state index in [4.69, 9.17) is 9.47 Å². The van der Waals surface area contributed by atoms with E-state index >= 15 is 0 Å². The van der Waals surface area contributed by atoms with E-state index in [-0.39, 0.29) is 24.4 Å². The predicted molar refractivity (Wildman–Crippen MR) is 110 cm³/mol. The fourth-order valence-corrected chi connectivity index (χ4v) is 3.87. The number of anilines is 1. The van der Waals surface area contributed by atoms with Crippen LogP contribution in [-0.2, 0) is 32.1 Å². The summed E-state index contributed by atoms with van der Waals surface area (Å²) in [6.45, 7) is 0.332. The number of halogens is 1. The predicted octanol–water partition coefficient (Wildman–Crippen LogP) is 2.77. The summed E-state index contributed by atoms with van der Waals surface area (Å²) < 4.78 is 24.4. The van der Waals surface area contributed by atoms with Crippen LogP contribution in [0.4, 0.5) is 14.9 Å². The number of ether oxygens (including phenoxy) is 2. The number of hydrogen-bond donors (Lipinski definition) is 1. The van der Waals surface area contributed by atoms with Crippen LogP contribution in [0.1, 0.15) is 16.7 Å². The number of nitrogens with one attached hydrogen (secondary N) is 1. The zero-order valence-corrected chi connectivity index (χ0v) is 16.7. The number of allylic oxidation sites excluding steroid dienone is 2. The number of nitrogens with zero attached hydrogens (tertiary/aromatic N) is 1. The monoisotopic (exact) mass is 422 g/mol. The van der Waals surface area contributed by atoms with Crippen molar-refractivity contribution in [3.8, 4) is 0 Å². The first-order chi connectivity index (χ1) is 15.0. The van der Waals surface area contributed by atoms with Crippen LogP contribution in [0.5, 0.6) is 0 Å². The average Bonchev–Trinajstić information content (AvgIpc) is 2.77. The summed E-state index contributed by atoms with van der Waals surface area (Å²) in [6, 6.07) is 11.4. The van der Waals surface area contributed by atoms with Gasteiger partial charge in [-0.2, -0.15) is 0 Å². The van der Waals surface area contributed by atoms with Crippen LogP contribution >= 0.6 is 0 Å². The Morgan fingerprint density at radius 1 is 1.26 bits per heavy atom. The molecule has 2 aliphatic rings. The summed E-state index contributed by atoms with van der Waals surface area (Å²) in [5.41, 5.74) is 2.47. The summed E-state index contributed by atoms with van der Waals surface area (Å²) in [7, 11) is 1.23. The highest BCUT2D eigenvalue weighted by Gasteiger charge is 2.36. The van der Waals surface area contributed by atoms with E-state index in [1.807, 2.05) is 30.3 Å². The Hall–Kier alpha value is -3.90.